The van der Waals surface area contributed by atoms with Crippen molar-refractivity contribution in [2.75, 3.05) is 0 Å². The smallest absolute Gasteiger partial charge is 0.257 e. The minimum absolute atomic E-state index is 0.158. The van der Waals surface area contributed by atoms with Gasteiger partial charge in [-0.2, -0.15) is 5.26 Å². The number of nitrogens with zero attached hydrogens (tertiary/aromatic N) is 1. The normalized spacial score (nSPS) is 12.9. The van der Waals surface area contributed by atoms with E-state index in [9.17, 15) is 9.18 Å². The van der Waals surface area contributed by atoms with Gasteiger partial charge in [0.25, 0.3) is 5.91 Å². The Morgan fingerprint density at radius 1 is 1.56 bits per heavy atom. The summed E-state index contributed by atoms with van der Waals surface area (Å²) in [6, 6.07) is 7.16. The molecule has 0 heterocycles. The van der Waals surface area contributed by atoms with Gasteiger partial charge in [0.15, 0.2) is 0 Å². The zero-order valence-corrected chi connectivity index (χ0v) is 9.68. The first-order valence-electron chi connectivity index (χ1n) is 5.15. The summed E-state index contributed by atoms with van der Waals surface area (Å²) in [6.45, 7) is 1.56. The van der Waals surface area contributed by atoms with Crippen molar-refractivity contribution in [1.82, 2.24) is 5.32 Å². The number of carbonyl (C=O) groups is 1. The monoisotopic (exact) mass is 246 g/mol. The second-order valence-electron chi connectivity index (χ2n) is 3.41. The van der Waals surface area contributed by atoms with Crippen LogP contribution in [0.4, 0.5) is 4.39 Å². The molecule has 1 N–H and O–H groups in total. The van der Waals surface area contributed by atoms with Crippen LogP contribution < -0.4 is 5.32 Å². The van der Waals surface area contributed by atoms with E-state index in [-0.39, 0.29) is 5.56 Å². The summed E-state index contributed by atoms with van der Waals surface area (Å²) in [6.07, 6.45) is 3.24. The van der Waals surface area contributed by atoms with Gasteiger partial charge in [-0.1, -0.05) is 18.1 Å². The van der Waals surface area contributed by atoms with Crippen LogP contribution in [0, 0.1) is 29.5 Å². The number of amides is 1. The number of rotatable bonds is 4. The average Bonchev–Trinajstić information content (AvgIpc) is 2.38. The van der Waals surface area contributed by atoms with Crippen molar-refractivity contribution in [1.29, 1.82) is 5.26 Å². The zero-order valence-electron chi connectivity index (χ0n) is 9.68. The number of carbonyl (C=O) groups excluding carboxylic acids is 1. The Morgan fingerprint density at radius 2 is 2.22 bits per heavy atom. The minimum Gasteiger partial charge on any atom is -0.329 e. The van der Waals surface area contributed by atoms with Crippen molar-refractivity contribution in [2.45, 2.75) is 19.3 Å². The zero-order chi connectivity index (χ0) is 13.5. The molecule has 0 aliphatic heterocycles. The van der Waals surface area contributed by atoms with Crippen molar-refractivity contribution in [2.24, 2.45) is 0 Å². The maximum absolute atomic E-state index is 13.3. The summed E-state index contributed by atoms with van der Waals surface area (Å²) in [7, 11) is 0. The molecule has 0 bridgehead atoms. The molecule has 1 rings (SSSR count). The number of nitrogens with one attached hydrogen (secondary N) is 1. The third kappa shape index (κ3) is 3.58. The largest absolute Gasteiger partial charge is 0.329 e. The molecule has 2 atom stereocenters. The maximum Gasteiger partial charge on any atom is 0.257 e. The lowest BCUT2D eigenvalue weighted by Crippen LogP contribution is -2.38. The molecule has 0 spiro atoms. The number of ether oxygens (including phenoxy) is 1. The molecule has 0 aliphatic carbocycles. The lowest BCUT2D eigenvalue weighted by atomic mass is 10.2. The number of hydrogen-bond acceptors (Lipinski definition) is 3. The molecule has 0 aliphatic rings. The Balaban J connectivity index is 2.73. The fraction of sp³-hybridized carbons (Fsp3) is 0.231. The van der Waals surface area contributed by atoms with Gasteiger partial charge in [-0.3, -0.25) is 4.79 Å². The predicted molar refractivity (Wildman–Crippen MR) is 62.6 cm³/mol. The maximum atomic E-state index is 13.3. The second-order valence-corrected chi connectivity index (χ2v) is 3.41. The fourth-order valence-corrected chi connectivity index (χ4v) is 1.18. The van der Waals surface area contributed by atoms with E-state index in [1.54, 1.807) is 13.0 Å². The van der Waals surface area contributed by atoms with E-state index in [1.807, 2.05) is 0 Å². The van der Waals surface area contributed by atoms with Crippen LogP contribution >= 0.6 is 0 Å². The summed E-state index contributed by atoms with van der Waals surface area (Å²) in [5, 5.41) is 11.0. The first-order valence-corrected chi connectivity index (χ1v) is 5.15. The van der Waals surface area contributed by atoms with E-state index < -0.39 is 24.1 Å². The van der Waals surface area contributed by atoms with E-state index in [4.69, 9.17) is 16.4 Å². The van der Waals surface area contributed by atoms with Gasteiger partial charge in [-0.25, -0.2) is 4.39 Å². The lowest BCUT2D eigenvalue weighted by molar-refractivity contribution is 0.0375. The second kappa shape index (κ2) is 6.39. The molecule has 5 heteroatoms. The molecule has 4 nitrogen and oxygen atoms in total. The van der Waals surface area contributed by atoms with Gasteiger partial charge >= 0.3 is 0 Å². The number of terminal acetylenes is 1. The third-order valence-corrected chi connectivity index (χ3v) is 2.07. The van der Waals surface area contributed by atoms with Crippen LogP contribution in [0.3, 0.4) is 0 Å². The van der Waals surface area contributed by atoms with Crippen LogP contribution in [0.25, 0.3) is 0 Å². The molecule has 1 aromatic carbocycles. The SMILES string of the molecule is C#CC(C)OC(C#N)NC(=O)c1ccccc1F. The molecule has 2 unspecified atom stereocenters. The van der Waals surface area contributed by atoms with Gasteiger partial charge in [0, 0.05) is 0 Å². The predicted octanol–water partition coefficient (Wildman–Crippen LogP) is 1.44. The van der Waals surface area contributed by atoms with Gasteiger partial charge in [0.05, 0.1) is 5.56 Å². The van der Waals surface area contributed by atoms with Crippen LogP contribution in [0.2, 0.25) is 0 Å². The number of hydrogen-bond donors (Lipinski definition) is 1. The Bertz CT molecular complexity index is 516. The molecular weight excluding hydrogens is 235 g/mol. The van der Waals surface area contributed by atoms with Gasteiger partial charge in [-0.05, 0) is 19.1 Å². The van der Waals surface area contributed by atoms with E-state index >= 15 is 0 Å². The van der Waals surface area contributed by atoms with E-state index in [0.29, 0.717) is 0 Å². The van der Waals surface area contributed by atoms with Crippen molar-refractivity contribution in [3.8, 4) is 18.4 Å². The van der Waals surface area contributed by atoms with Crippen LogP contribution in [0.1, 0.15) is 17.3 Å². The first-order chi connectivity index (χ1) is 8.58. The van der Waals surface area contributed by atoms with Crippen molar-refractivity contribution >= 4 is 5.91 Å². The number of nitriles is 1. The molecule has 92 valence electrons. The van der Waals surface area contributed by atoms with Gasteiger partial charge in [0.1, 0.15) is 18.0 Å². The minimum atomic E-state index is -1.22. The van der Waals surface area contributed by atoms with Crippen molar-refractivity contribution in [3.05, 3.63) is 35.6 Å². The van der Waals surface area contributed by atoms with Crippen LogP contribution in [0.15, 0.2) is 24.3 Å². The molecule has 18 heavy (non-hydrogen) atoms. The van der Waals surface area contributed by atoms with E-state index in [1.165, 1.54) is 18.2 Å². The Labute approximate surface area is 104 Å². The molecule has 0 fully saturated rings. The number of halogens is 1. The topological polar surface area (TPSA) is 62.1 Å². The highest BCUT2D eigenvalue weighted by Gasteiger charge is 2.17. The summed E-state index contributed by atoms with van der Waals surface area (Å²) in [4.78, 5) is 11.7. The van der Waals surface area contributed by atoms with Crippen LogP contribution in [0.5, 0.6) is 0 Å². The van der Waals surface area contributed by atoms with Crippen molar-refractivity contribution < 1.29 is 13.9 Å². The highest BCUT2D eigenvalue weighted by molar-refractivity contribution is 5.94. The fourth-order valence-electron chi connectivity index (χ4n) is 1.18. The Hall–Kier alpha value is -2.37. The molecular formula is C13H11FN2O2. The highest BCUT2D eigenvalue weighted by atomic mass is 19.1. The summed E-state index contributed by atoms with van der Waals surface area (Å²) >= 11 is 0. The highest BCUT2D eigenvalue weighted by Crippen LogP contribution is 2.06. The molecule has 0 saturated carbocycles. The molecule has 1 aromatic rings. The summed E-state index contributed by atoms with van der Waals surface area (Å²) in [5.41, 5.74) is -0.158. The Kier molecular flexibility index (Phi) is 4.86. The first kappa shape index (κ1) is 13.7. The van der Waals surface area contributed by atoms with Crippen LogP contribution in [-0.2, 0) is 4.74 Å². The lowest BCUT2D eigenvalue weighted by Gasteiger charge is -2.14. The standard InChI is InChI=1S/C13H11FN2O2/c1-3-9(2)18-12(8-15)16-13(17)10-6-4-5-7-11(10)14/h1,4-7,9,12H,2H3,(H,16,17). The molecule has 0 radical (unpaired) electrons. The van der Waals surface area contributed by atoms with E-state index in [0.717, 1.165) is 6.07 Å². The van der Waals surface area contributed by atoms with Gasteiger partial charge < -0.3 is 10.1 Å². The summed E-state index contributed by atoms with van der Waals surface area (Å²) < 4.78 is 18.3. The molecule has 0 saturated heterocycles. The summed E-state index contributed by atoms with van der Waals surface area (Å²) in [5.74, 6) is 0.853. The van der Waals surface area contributed by atoms with Crippen molar-refractivity contribution in [3.63, 3.8) is 0 Å². The Morgan fingerprint density at radius 3 is 2.78 bits per heavy atom. The molecule has 0 aromatic heterocycles. The molecule has 1 amide bonds. The third-order valence-electron chi connectivity index (χ3n) is 2.07. The van der Waals surface area contributed by atoms with Gasteiger partial charge in [-0.15, -0.1) is 6.42 Å². The van der Waals surface area contributed by atoms with Crippen LogP contribution in [-0.4, -0.2) is 18.2 Å². The average molecular weight is 246 g/mol. The number of benzene rings is 1. The quantitative estimate of drug-likeness (QED) is 0.646. The van der Waals surface area contributed by atoms with E-state index in [2.05, 4.69) is 11.2 Å². The van der Waals surface area contributed by atoms with Gasteiger partial charge in [0.2, 0.25) is 6.23 Å².